The first kappa shape index (κ1) is 13.2. The van der Waals surface area contributed by atoms with Gasteiger partial charge in [-0.05, 0) is 37.3 Å². The zero-order valence-electron chi connectivity index (χ0n) is 12.9. The number of fused-ring (bicyclic) bond motifs is 2. The van der Waals surface area contributed by atoms with Crippen LogP contribution in [-0.2, 0) is 4.74 Å². The van der Waals surface area contributed by atoms with Crippen molar-refractivity contribution in [3.8, 4) is 0 Å². The number of benzene rings is 1. The number of rotatable bonds is 2. The van der Waals surface area contributed by atoms with Crippen LogP contribution in [0.3, 0.4) is 0 Å². The number of aromatic amines is 1. The molecule has 0 amide bonds. The Morgan fingerprint density at radius 1 is 1.30 bits per heavy atom. The van der Waals surface area contributed by atoms with Gasteiger partial charge in [-0.25, -0.2) is 4.79 Å². The van der Waals surface area contributed by atoms with E-state index in [2.05, 4.69) is 21.2 Å². The number of carbonyl (C=O) groups is 1. The number of nitrogens with one attached hydrogen (secondary N) is 1. The Morgan fingerprint density at radius 3 is 3.09 bits per heavy atom. The number of hydrogen-bond acceptors (Lipinski definition) is 4. The van der Waals surface area contributed by atoms with Crippen molar-refractivity contribution in [1.29, 1.82) is 0 Å². The molecular formula is C18H19N3O2. The smallest absolute Gasteiger partial charge is 0.360 e. The van der Waals surface area contributed by atoms with Gasteiger partial charge in [-0.2, -0.15) is 5.10 Å². The highest BCUT2D eigenvalue weighted by molar-refractivity contribution is 6.01. The van der Waals surface area contributed by atoms with Gasteiger partial charge in [0.1, 0.15) is 6.10 Å². The predicted octanol–water partition coefficient (Wildman–Crippen LogP) is 2.86. The second kappa shape index (κ2) is 4.85. The predicted molar refractivity (Wildman–Crippen MR) is 85.8 cm³/mol. The van der Waals surface area contributed by atoms with Crippen LogP contribution >= 0.6 is 0 Å². The van der Waals surface area contributed by atoms with Crippen molar-refractivity contribution in [3.05, 3.63) is 41.7 Å². The summed E-state index contributed by atoms with van der Waals surface area (Å²) in [4.78, 5) is 15.0. The van der Waals surface area contributed by atoms with Gasteiger partial charge in [0, 0.05) is 30.1 Å². The Morgan fingerprint density at radius 2 is 2.22 bits per heavy atom. The van der Waals surface area contributed by atoms with E-state index in [1.807, 2.05) is 24.3 Å². The third-order valence-electron chi connectivity index (χ3n) is 5.50. The minimum Gasteiger partial charge on any atom is -0.453 e. The molecule has 118 valence electrons. The fraction of sp³-hybridized carbons (Fsp3) is 0.444. The van der Waals surface area contributed by atoms with Crippen LogP contribution in [-0.4, -0.2) is 39.8 Å². The lowest BCUT2D eigenvalue weighted by molar-refractivity contribution is 0.00888. The number of esters is 1. The summed E-state index contributed by atoms with van der Waals surface area (Å²) in [5.74, 6) is 0.507. The van der Waals surface area contributed by atoms with Crippen LogP contribution in [0.15, 0.2) is 36.0 Å². The van der Waals surface area contributed by atoms with Gasteiger partial charge in [-0.3, -0.25) is 5.10 Å². The fourth-order valence-electron chi connectivity index (χ4n) is 4.44. The number of carbonyl (C=O) groups excluding carboxylic acids is 1. The second-order valence-electron chi connectivity index (χ2n) is 6.90. The van der Waals surface area contributed by atoms with Crippen molar-refractivity contribution >= 4 is 16.9 Å². The largest absolute Gasteiger partial charge is 0.453 e. The number of para-hydroxylation sites is 1. The standard InChI is InChI=1S/C18H19N3O2/c22-18(17-15-3-1-2-4-16(15)19-20-17)23-14-9-12-7-11-5-6-21(12)13(8-11)10-14/h1-4,9,11,13-14H,5-8,10H2,(H,19,20). The van der Waals surface area contributed by atoms with Gasteiger partial charge in [0.2, 0.25) is 0 Å². The lowest BCUT2D eigenvalue weighted by atomic mass is 9.76. The van der Waals surface area contributed by atoms with E-state index >= 15 is 0 Å². The molecule has 3 unspecified atom stereocenters. The van der Waals surface area contributed by atoms with E-state index in [0.29, 0.717) is 11.7 Å². The normalized spacial score (nSPS) is 28.8. The molecule has 5 nitrogen and oxygen atoms in total. The van der Waals surface area contributed by atoms with Crippen molar-refractivity contribution in [2.75, 3.05) is 6.54 Å². The average Bonchev–Trinajstić information content (AvgIpc) is 2.99. The van der Waals surface area contributed by atoms with E-state index in [9.17, 15) is 4.79 Å². The third kappa shape index (κ3) is 2.06. The highest BCUT2D eigenvalue weighted by atomic mass is 16.5. The molecule has 1 aromatic carbocycles. The zero-order valence-corrected chi connectivity index (χ0v) is 12.9. The molecule has 23 heavy (non-hydrogen) atoms. The summed E-state index contributed by atoms with van der Waals surface area (Å²) in [7, 11) is 0. The van der Waals surface area contributed by atoms with E-state index in [4.69, 9.17) is 4.74 Å². The highest BCUT2D eigenvalue weighted by Crippen LogP contribution is 2.43. The number of aromatic nitrogens is 2. The maximum Gasteiger partial charge on any atom is 0.360 e. The topological polar surface area (TPSA) is 58.2 Å². The summed E-state index contributed by atoms with van der Waals surface area (Å²) >= 11 is 0. The molecular weight excluding hydrogens is 290 g/mol. The second-order valence-corrected chi connectivity index (χ2v) is 6.90. The fourth-order valence-corrected chi connectivity index (χ4v) is 4.44. The molecule has 0 radical (unpaired) electrons. The van der Waals surface area contributed by atoms with Crippen LogP contribution in [0.25, 0.3) is 10.9 Å². The summed E-state index contributed by atoms with van der Waals surface area (Å²) in [5, 5.41) is 7.86. The summed E-state index contributed by atoms with van der Waals surface area (Å²) in [6.07, 6.45) is 6.67. The summed E-state index contributed by atoms with van der Waals surface area (Å²) in [6.45, 7) is 1.17. The van der Waals surface area contributed by atoms with Crippen molar-refractivity contribution < 1.29 is 9.53 Å². The average molecular weight is 309 g/mol. The molecule has 4 aliphatic heterocycles. The van der Waals surface area contributed by atoms with Gasteiger partial charge >= 0.3 is 5.97 Å². The van der Waals surface area contributed by atoms with Gasteiger partial charge in [0.05, 0.1) is 5.52 Å². The van der Waals surface area contributed by atoms with Gasteiger partial charge in [0.15, 0.2) is 5.69 Å². The molecule has 0 spiro atoms. The quantitative estimate of drug-likeness (QED) is 0.867. The Balaban J connectivity index is 1.39. The first-order valence-corrected chi connectivity index (χ1v) is 8.39. The van der Waals surface area contributed by atoms with Gasteiger partial charge in [-0.15, -0.1) is 0 Å². The monoisotopic (exact) mass is 309 g/mol. The van der Waals surface area contributed by atoms with Crippen LogP contribution in [0.4, 0.5) is 0 Å². The lowest BCUT2D eigenvalue weighted by Crippen LogP contribution is -2.51. The van der Waals surface area contributed by atoms with Crippen molar-refractivity contribution in [2.24, 2.45) is 5.92 Å². The first-order chi connectivity index (χ1) is 11.3. The molecule has 0 saturated carbocycles. The molecule has 1 aromatic heterocycles. The number of hydrogen-bond donors (Lipinski definition) is 1. The number of allylic oxidation sites excluding steroid dienone is 1. The van der Waals surface area contributed by atoms with Crippen molar-refractivity contribution in [1.82, 2.24) is 15.1 Å². The van der Waals surface area contributed by atoms with Crippen LogP contribution in [0.2, 0.25) is 0 Å². The molecule has 5 heterocycles. The molecule has 3 saturated heterocycles. The molecule has 6 rings (SSSR count). The Labute approximate surface area is 134 Å². The number of ether oxygens (including phenoxy) is 1. The van der Waals surface area contributed by atoms with E-state index in [-0.39, 0.29) is 12.1 Å². The SMILES string of the molecule is O=C(OC1C=C2CC3CCN2C(C3)C1)c1n[nH]c2ccccc12. The van der Waals surface area contributed by atoms with E-state index in [1.165, 1.54) is 25.1 Å². The lowest BCUT2D eigenvalue weighted by Gasteiger charge is -2.51. The van der Waals surface area contributed by atoms with Crippen LogP contribution < -0.4 is 0 Å². The van der Waals surface area contributed by atoms with E-state index in [0.717, 1.165) is 29.7 Å². The number of piperidine rings is 3. The van der Waals surface area contributed by atoms with Crippen molar-refractivity contribution in [3.63, 3.8) is 0 Å². The Bertz CT molecular complexity index is 809. The summed E-state index contributed by atoms with van der Waals surface area (Å²) in [5.41, 5.74) is 2.63. The highest BCUT2D eigenvalue weighted by Gasteiger charge is 2.41. The number of nitrogens with zero attached hydrogens (tertiary/aromatic N) is 2. The molecule has 4 bridgehead atoms. The maximum atomic E-state index is 12.5. The van der Waals surface area contributed by atoms with Gasteiger partial charge in [0.25, 0.3) is 0 Å². The molecule has 3 atom stereocenters. The first-order valence-electron chi connectivity index (χ1n) is 8.39. The molecule has 1 N–H and O–H groups in total. The van der Waals surface area contributed by atoms with E-state index in [1.54, 1.807) is 0 Å². The molecule has 4 aliphatic rings. The maximum absolute atomic E-state index is 12.5. The molecule has 0 aliphatic carbocycles. The zero-order chi connectivity index (χ0) is 15.4. The Kier molecular flexibility index (Phi) is 2.77. The molecule has 3 fully saturated rings. The minimum absolute atomic E-state index is 0.117. The van der Waals surface area contributed by atoms with E-state index < -0.39 is 0 Å². The Hall–Kier alpha value is -2.30. The summed E-state index contributed by atoms with van der Waals surface area (Å²) in [6, 6.07) is 8.19. The molecule has 2 aromatic rings. The van der Waals surface area contributed by atoms with Gasteiger partial charge in [-0.1, -0.05) is 18.2 Å². The van der Waals surface area contributed by atoms with Gasteiger partial charge < -0.3 is 9.64 Å². The van der Waals surface area contributed by atoms with Crippen LogP contribution in [0.5, 0.6) is 0 Å². The third-order valence-corrected chi connectivity index (χ3v) is 5.50. The van der Waals surface area contributed by atoms with Crippen LogP contribution in [0, 0.1) is 5.92 Å². The van der Waals surface area contributed by atoms with Crippen molar-refractivity contribution in [2.45, 2.75) is 37.8 Å². The molecule has 5 heteroatoms. The van der Waals surface area contributed by atoms with Crippen LogP contribution in [0.1, 0.15) is 36.2 Å². The minimum atomic E-state index is -0.329. The number of H-pyrrole nitrogens is 1. The summed E-state index contributed by atoms with van der Waals surface area (Å²) < 4.78 is 5.76.